The van der Waals surface area contributed by atoms with Gasteiger partial charge < -0.3 is 4.90 Å². The number of fused-ring (bicyclic) bond motifs is 1. The van der Waals surface area contributed by atoms with Crippen molar-refractivity contribution in [2.24, 2.45) is 4.99 Å². The molecule has 3 rings (SSSR count). The molecule has 2 heterocycles. The summed E-state index contributed by atoms with van der Waals surface area (Å²) in [4.78, 5) is 29.6. The molecule has 0 spiro atoms. The van der Waals surface area contributed by atoms with Gasteiger partial charge in [-0.05, 0) is 13.8 Å². The minimum atomic E-state index is -0.658. The van der Waals surface area contributed by atoms with Crippen molar-refractivity contribution in [1.82, 2.24) is 4.90 Å². The fourth-order valence-corrected chi connectivity index (χ4v) is 3.84. The predicted molar refractivity (Wildman–Crippen MR) is 82.9 cm³/mol. The third kappa shape index (κ3) is 2.40. The third-order valence-electron chi connectivity index (χ3n) is 3.48. The molecule has 0 aliphatic carbocycles. The van der Waals surface area contributed by atoms with E-state index in [0.29, 0.717) is 12.1 Å². The van der Waals surface area contributed by atoms with Gasteiger partial charge in [-0.1, -0.05) is 30.3 Å². The van der Waals surface area contributed by atoms with E-state index in [1.165, 1.54) is 0 Å². The molecule has 0 bridgehead atoms. The quantitative estimate of drug-likeness (QED) is 0.667. The van der Waals surface area contributed by atoms with Crippen LogP contribution in [0.2, 0.25) is 0 Å². The van der Waals surface area contributed by atoms with Crippen LogP contribution in [0.25, 0.3) is 0 Å². The molecule has 0 saturated carbocycles. The average Bonchev–Trinajstić information content (AvgIpc) is 2.77. The Bertz CT molecular complexity index is 667. The van der Waals surface area contributed by atoms with Crippen LogP contribution in [0.1, 0.15) is 19.4 Å². The van der Waals surface area contributed by atoms with Gasteiger partial charge in [0.1, 0.15) is 16.8 Å². The van der Waals surface area contributed by atoms with Gasteiger partial charge in [0.2, 0.25) is 0 Å². The van der Waals surface area contributed by atoms with Gasteiger partial charge in [0, 0.05) is 16.9 Å². The van der Waals surface area contributed by atoms with Crippen LogP contribution in [0.5, 0.6) is 0 Å². The van der Waals surface area contributed by atoms with Crippen LogP contribution in [0.3, 0.4) is 0 Å². The zero-order valence-electron chi connectivity index (χ0n) is 11.8. The molecule has 108 valence electrons. The number of nitrogens with one attached hydrogen (secondary N) is 1. The maximum absolute atomic E-state index is 12.1. The van der Waals surface area contributed by atoms with Gasteiger partial charge in [-0.25, -0.2) is 4.99 Å². The monoisotopic (exact) mass is 301 g/mol. The summed E-state index contributed by atoms with van der Waals surface area (Å²) in [6.07, 6.45) is 0. The Hall–Kier alpha value is -1.95. The highest BCUT2D eigenvalue weighted by atomic mass is 32.2. The summed E-state index contributed by atoms with van der Waals surface area (Å²) in [6, 6.07) is 8.70. The van der Waals surface area contributed by atoms with Gasteiger partial charge >= 0.3 is 0 Å². The van der Waals surface area contributed by atoms with Crippen molar-refractivity contribution in [3.63, 3.8) is 0 Å². The van der Waals surface area contributed by atoms with Crippen molar-refractivity contribution in [3.8, 4) is 0 Å². The van der Waals surface area contributed by atoms with E-state index in [2.05, 4.69) is 18.8 Å². The van der Waals surface area contributed by atoms with Crippen LogP contribution in [-0.4, -0.2) is 44.8 Å². The van der Waals surface area contributed by atoms with Crippen LogP contribution in [0.4, 0.5) is 0 Å². The zero-order valence-corrected chi connectivity index (χ0v) is 12.6. The van der Waals surface area contributed by atoms with Crippen molar-refractivity contribution in [3.05, 3.63) is 35.9 Å². The maximum Gasteiger partial charge on any atom is 0.295 e. The van der Waals surface area contributed by atoms with Crippen LogP contribution < -0.4 is 0 Å². The number of hydrogen-bond donors (Lipinski definition) is 1. The summed E-state index contributed by atoms with van der Waals surface area (Å²) in [5, 5.41) is 7.73. The lowest BCUT2D eigenvalue weighted by atomic mass is 10.1. The van der Waals surface area contributed by atoms with Crippen molar-refractivity contribution in [2.75, 3.05) is 6.54 Å². The molecule has 1 atom stereocenters. The van der Waals surface area contributed by atoms with Crippen LogP contribution in [0, 0.1) is 5.41 Å². The fraction of sp³-hybridized carbons (Fsp3) is 0.333. The second-order valence-corrected chi connectivity index (χ2v) is 7.49. The van der Waals surface area contributed by atoms with Crippen molar-refractivity contribution >= 4 is 35.0 Å². The normalized spacial score (nSPS) is 24.7. The summed E-state index contributed by atoms with van der Waals surface area (Å²) in [7, 11) is 0. The van der Waals surface area contributed by atoms with E-state index in [4.69, 9.17) is 5.41 Å². The predicted octanol–water partition coefficient (Wildman–Crippen LogP) is 1.72. The van der Waals surface area contributed by atoms with E-state index < -0.39 is 5.91 Å². The molecule has 2 aliphatic rings. The Morgan fingerprint density at radius 3 is 2.71 bits per heavy atom. The lowest BCUT2D eigenvalue weighted by Crippen LogP contribution is -2.57. The SMILES string of the molecule is CC1(C)CN2C(=O)C(=NC(=O)C(=N)c3ccccc3)C2S1. The number of nitrogens with zero attached hydrogens (tertiary/aromatic N) is 2. The van der Waals surface area contributed by atoms with Gasteiger partial charge in [-0.15, -0.1) is 11.8 Å². The number of aliphatic imine (C=N–C) groups is 1. The van der Waals surface area contributed by atoms with Gasteiger partial charge in [0.05, 0.1) is 0 Å². The highest BCUT2D eigenvalue weighted by Crippen LogP contribution is 2.44. The number of rotatable bonds is 2. The number of β-lactam (4-membered cyclic amide) rings is 1. The fourth-order valence-electron chi connectivity index (χ4n) is 2.46. The van der Waals surface area contributed by atoms with E-state index in [1.54, 1.807) is 40.9 Å². The van der Waals surface area contributed by atoms with Crippen LogP contribution in [0.15, 0.2) is 35.3 Å². The summed E-state index contributed by atoms with van der Waals surface area (Å²) < 4.78 is -0.0203. The summed E-state index contributed by atoms with van der Waals surface area (Å²) in [5.41, 5.74) is 0.600. The molecule has 1 N–H and O–H groups in total. The molecule has 21 heavy (non-hydrogen) atoms. The molecule has 5 nitrogen and oxygen atoms in total. The second kappa shape index (κ2) is 4.80. The van der Waals surface area contributed by atoms with Gasteiger partial charge in [0.15, 0.2) is 0 Å². The average molecular weight is 301 g/mol. The number of carbonyl (C=O) groups excluding carboxylic acids is 2. The minimum absolute atomic E-state index is 0.0203. The Morgan fingerprint density at radius 1 is 1.38 bits per heavy atom. The molecule has 2 fully saturated rings. The number of carbonyl (C=O) groups is 2. The first-order chi connectivity index (χ1) is 9.89. The van der Waals surface area contributed by atoms with Crippen molar-refractivity contribution in [1.29, 1.82) is 5.41 Å². The summed E-state index contributed by atoms with van der Waals surface area (Å²) >= 11 is 1.63. The Labute approximate surface area is 126 Å². The summed E-state index contributed by atoms with van der Waals surface area (Å²) in [6.45, 7) is 4.80. The molecule has 1 aromatic carbocycles. The Morgan fingerprint density at radius 2 is 2.05 bits per heavy atom. The van der Waals surface area contributed by atoms with Gasteiger partial charge in [-0.2, -0.15) is 0 Å². The zero-order chi connectivity index (χ0) is 15.2. The first-order valence-electron chi connectivity index (χ1n) is 6.65. The first-order valence-corrected chi connectivity index (χ1v) is 7.53. The van der Waals surface area contributed by atoms with E-state index in [-0.39, 0.29) is 27.5 Å². The van der Waals surface area contributed by atoms with E-state index in [1.807, 2.05) is 6.07 Å². The maximum atomic E-state index is 12.1. The van der Waals surface area contributed by atoms with E-state index in [9.17, 15) is 9.59 Å². The van der Waals surface area contributed by atoms with Crippen LogP contribution >= 0.6 is 11.8 Å². The molecule has 0 radical (unpaired) electrons. The standard InChI is InChI=1S/C15H15N3O2S/c1-15(2)8-18-13(20)11(14(18)21-15)17-12(19)10(16)9-6-4-3-5-7-9/h3-7,14,16H,8H2,1-2H3. The lowest BCUT2D eigenvalue weighted by molar-refractivity contribution is -0.128. The van der Waals surface area contributed by atoms with Gasteiger partial charge in [-0.3, -0.25) is 15.0 Å². The molecule has 0 aromatic heterocycles. The minimum Gasteiger partial charge on any atom is -0.318 e. The molecule has 2 saturated heterocycles. The number of thioether (sulfide) groups is 1. The molecule has 1 aromatic rings. The Kier molecular flexibility index (Phi) is 3.20. The largest absolute Gasteiger partial charge is 0.318 e. The third-order valence-corrected chi connectivity index (χ3v) is 4.95. The molecule has 2 amide bonds. The second-order valence-electron chi connectivity index (χ2n) is 5.71. The highest BCUT2D eigenvalue weighted by Gasteiger charge is 2.54. The van der Waals surface area contributed by atoms with Crippen molar-refractivity contribution in [2.45, 2.75) is 24.0 Å². The lowest BCUT2D eigenvalue weighted by Gasteiger charge is -2.34. The topological polar surface area (TPSA) is 73.6 Å². The van der Waals surface area contributed by atoms with E-state index >= 15 is 0 Å². The molecular weight excluding hydrogens is 286 g/mol. The molecule has 1 unspecified atom stereocenters. The van der Waals surface area contributed by atoms with Crippen LogP contribution in [-0.2, 0) is 9.59 Å². The number of hydrogen-bond acceptors (Lipinski definition) is 4. The molecular formula is C15H15N3O2S. The van der Waals surface area contributed by atoms with E-state index in [0.717, 1.165) is 0 Å². The highest BCUT2D eigenvalue weighted by molar-refractivity contribution is 8.02. The number of benzene rings is 1. The van der Waals surface area contributed by atoms with Crippen molar-refractivity contribution < 1.29 is 9.59 Å². The first kappa shape index (κ1) is 14.0. The van der Waals surface area contributed by atoms with Gasteiger partial charge in [0.25, 0.3) is 11.8 Å². The summed E-state index contributed by atoms with van der Waals surface area (Å²) in [5.74, 6) is -0.846. The number of amides is 2. The molecule has 2 aliphatic heterocycles. The smallest absolute Gasteiger partial charge is 0.295 e. The molecule has 6 heteroatoms. The Balaban J connectivity index is 1.79.